The van der Waals surface area contributed by atoms with Gasteiger partial charge in [-0.2, -0.15) is 0 Å². The third-order valence-electron chi connectivity index (χ3n) is 5.38. The first kappa shape index (κ1) is 17.8. The highest BCUT2D eigenvalue weighted by atomic mass is 79.9. The average molecular weight is 454 g/mol. The van der Waals surface area contributed by atoms with Gasteiger partial charge in [-0.3, -0.25) is 0 Å². The minimum Gasteiger partial charge on any atom is -0.507 e. The number of hydrogen-bond acceptors (Lipinski definition) is 2. The van der Waals surface area contributed by atoms with Gasteiger partial charge >= 0.3 is 0 Å². The van der Waals surface area contributed by atoms with Crippen LogP contribution in [0.3, 0.4) is 0 Å². The van der Waals surface area contributed by atoms with E-state index in [1.165, 1.54) is 11.1 Å². The molecule has 0 amide bonds. The molecule has 0 radical (unpaired) electrons. The summed E-state index contributed by atoms with van der Waals surface area (Å²) in [5, 5.41) is 19.8. The predicted octanol–water partition coefficient (Wildman–Crippen LogP) is 6.37. The lowest BCUT2D eigenvalue weighted by atomic mass is 9.67. The van der Waals surface area contributed by atoms with Crippen LogP contribution < -0.4 is 0 Å². The van der Waals surface area contributed by atoms with Gasteiger partial charge in [0.05, 0.1) is 8.95 Å². The molecule has 0 spiro atoms. The molecule has 2 N–H and O–H groups in total. The quantitative estimate of drug-likeness (QED) is 0.554. The maximum Gasteiger partial charge on any atom is 0.129 e. The fourth-order valence-electron chi connectivity index (χ4n) is 4.51. The van der Waals surface area contributed by atoms with Crippen LogP contribution in [0, 0.1) is 11.3 Å². The molecule has 1 aliphatic carbocycles. The average Bonchev–Trinajstić information content (AvgIpc) is 2.75. The summed E-state index contributed by atoms with van der Waals surface area (Å²) in [6.45, 7) is 6.93. The first-order valence-electron chi connectivity index (χ1n) is 8.14. The van der Waals surface area contributed by atoms with Gasteiger partial charge in [-0.25, -0.2) is 0 Å². The molecular weight excluding hydrogens is 432 g/mol. The number of phenolic OH excluding ortho intramolecular Hbond substituents is 2. The Balaban J connectivity index is 2.25. The van der Waals surface area contributed by atoms with E-state index in [9.17, 15) is 10.2 Å². The van der Waals surface area contributed by atoms with E-state index in [0.717, 1.165) is 12.8 Å². The van der Waals surface area contributed by atoms with Crippen LogP contribution in [0.25, 0.3) is 0 Å². The van der Waals surface area contributed by atoms with Gasteiger partial charge in [-0.15, -0.1) is 0 Å². The summed E-state index contributed by atoms with van der Waals surface area (Å²) >= 11 is 6.93. The second-order valence-corrected chi connectivity index (χ2v) is 9.46. The predicted molar refractivity (Wildman–Crippen MR) is 105 cm³/mol. The number of aromatic hydroxyl groups is 2. The summed E-state index contributed by atoms with van der Waals surface area (Å²) in [6, 6.07) is 11.6. The van der Waals surface area contributed by atoms with Gasteiger partial charge in [0, 0.05) is 5.41 Å². The normalized spacial score (nSPS) is 21.8. The van der Waals surface area contributed by atoms with Crippen molar-refractivity contribution in [1.82, 2.24) is 0 Å². The van der Waals surface area contributed by atoms with Crippen LogP contribution in [-0.2, 0) is 5.41 Å². The van der Waals surface area contributed by atoms with Gasteiger partial charge in [0.15, 0.2) is 0 Å². The highest BCUT2D eigenvalue weighted by Gasteiger charge is 2.50. The summed E-state index contributed by atoms with van der Waals surface area (Å²) in [5.41, 5.74) is 2.48. The Morgan fingerprint density at radius 2 is 1.38 bits per heavy atom. The molecule has 1 saturated carbocycles. The van der Waals surface area contributed by atoms with Crippen LogP contribution in [0.15, 0.2) is 45.3 Å². The summed E-state index contributed by atoms with van der Waals surface area (Å²) in [5.74, 6) is 0.955. The Kier molecular flexibility index (Phi) is 4.50. The molecule has 4 heteroatoms. The van der Waals surface area contributed by atoms with Crippen molar-refractivity contribution in [1.29, 1.82) is 0 Å². The number of halogens is 2. The fourth-order valence-corrected chi connectivity index (χ4v) is 5.27. The highest BCUT2D eigenvalue weighted by Crippen LogP contribution is 2.58. The summed E-state index contributed by atoms with van der Waals surface area (Å²) in [7, 11) is 0. The standard InChI is InChI=1S/C20H22Br2O2/c1-12-10-19(2,3)11-20(12,13-4-6-17(23)15(21)8-13)14-5-7-18(24)16(22)9-14/h4-9,12,23-24H,10-11H2,1-3H3. The van der Waals surface area contributed by atoms with E-state index in [1.54, 1.807) is 12.1 Å². The van der Waals surface area contributed by atoms with Crippen molar-refractivity contribution >= 4 is 31.9 Å². The van der Waals surface area contributed by atoms with E-state index in [4.69, 9.17) is 0 Å². The van der Waals surface area contributed by atoms with E-state index >= 15 is 0 Å². The lowest BCUT2D eigenvalue weighted by molar-refractivity contribution is 0.356. The molecular formula is C20H22Br2O2. The molecule has 1 atom stereocenters. The molecule has 1 unspecified atom stereocenters. The summed E-state index contributed by atoms with van der Waals surface area (Å²) < 4.78 is 1.43. The lowest BCUT2D eigenvalue weighted by Crippen LogP contribution is -2.31. The van der Waals surface area contributed by atoms with Gasteiger partial charge in [0.2, 0.25) is 0 Å². The lowest BCUT2D eigenvalue weighted by Gasteiger charge is -2.36. The topological polar surface area (TPSA) is 40.5 Å². The van der Waals surface area contributed by atoms with E-state index in [1.807, 2.05) is 24.3 Å². The van der Waals surface area contributed by atoms with E-state index < -0.39 is 0 Å². The second kappa shape index (κ2) is 6.06. The molecule has 2 nitrogen and oxygen atoms in total. The Bertz CT molecular complexity index is 732. The monoisotopic (exact) mass is 452 g/mol. The molecule has 0 aliphatic heterocycles. The van der Waals surface area contributed by atoms with Gasteiger partial charge in [0.25, 0.3) is 0 Å². The van der Waals surface area contributed by atoms with Crippen molar-refractivity contribution in [2.24, 2.45) is 11.3 Å². The zero-order valence-corrected chi connectivity index (χ0v) is 17.3. The van der Waals surface area contributed by atoms with Crippen LogP contribution in [0.1, 0.15) is 44.7 Å². The van der Waals surface area contributed by atoms with Gasteiger partial charge in [-0.1, -0.05) is 32.9 Å². The Hall–Kier alpha value is -1.00. The van der Waals surface area contributed by atoms with Gasteiger partial charge in [0.1, 0.15) is 11.5 Å². The summed E-state index contributed by atoms with van der Waals surface area (Å²) in [6.07, 6.45) is 2.15. The van der Waals surface area contributed by atoms with Crippen molar-refractivity contribution in [3.63, 3.8) is 0 Å². The molecule has 0 bridgehead atoms. The molecule has 0 saturated heterocycles. The third-order valence-corrected chi connectivity index (χ3v) is 6.65. The Morgan fingerprint density at radius 1 is 0.917 bits per heavy atom. The fraction of sp³-hybridized carbons (Fsp3) is 0.400. The largest absolute Gasteiger partial charge is 0.507 e. The molecule has 128 valence electrons. The molecule has 24 heavy (non-hydrogen) atoms. The zero-order valence-electron chi connectivity index (χ0n) is 14.1. The smallest absolute Gasteiger partial charge is 0.129 e. The second-order valence-electron chi connectivity index (χ2n) is 7.75. The molecule has 2 aromatic carbocycles. The van der Waals surface area contributed by atoms with Crippen LogP contribution >= 0.6 is 31.9 Å². The van der Waals surface area contributed by atoms with Crippen LogP contribution in [0.4, 0.5) is 0 Å². The maximum atomic E-state index is 9.90. The van der Waals surface area contributed by atoms with Gasteiger partial charge < -0.3 is 10.2 Å². The van der Waals surface area contributed by atoms with E-state index in [2.05, 4.69) is 52.6 Å². The van der Waals surface area contributed by atoms with Gasteiger partial charge in [-0.05, 0) is 91.4 Å². The van der Waals surface area contributed by atoms with Crippen LogP contribution in [0.2, 0.25) is 0 Å². The molecule has 0 aromatic heterocycles. The Labute approximate surface area is 160 Å². The highest BCUT2D eigenvalue weighted by molar-refractivity contribution is 9.10. The molecule has 1 fully saturated rings. The molecule has 3 rings (SSSR count). The van der Waals surface area contributed by atoms with Crippen molar-refractivity contribution in [2.75, 3.05) is 0 Å². The van der Waals surface area contributed by atoms with Crippen molar-refractivity contribution in [3.05, 3.63) is 56.5 Å². The SMILES string of the molecule is CC1CC(C)(C)CC1(c1ccc(O)c(Br)c1)c1ccc(O)c(Br)c1. The number of hydrogen-bond donors (Lipinski definition) is 2. The van der Waals surface area contributed by atoms with Crippen molar-refractivity contribution < 1.29 is 10.2 Å². The summed E-state index contributed by atoms with van der Waals surface area (Å²) in [4.78, 5) is 0. The third kappa shape index (κ3) is 2.88. The van der Waals surface area contributed by atoms with Crippen molar-refractivity contribution in [3.8, 4) is 11.5 Å². The van der Waals surface area contributed by atoms with Crippen LogP contribution in [0.5, 0.6) is 11.5 Å². The maximum absolute atomic E-state index is 9.90. The molecule has 0 heterocycles. The minimum absolute atomic E-state index is 0.143. The number of rotatable bonds is 2. The van der Waals surface area contributed by atoms with E-state index in [0.29, 0.717) is 14.9 Å². The number of benzene rings is 2. The van der Waals surface area contributed by atoms with E-state index in [-0.39, 0.29) is 22.3 Å². The molecule has 1 aliphatic rings. The number of phenols is 2. The first-order chi connectivity index (χ1) is 11.2. The van der Waals surface area contributed by atoms with Crippen molar-refractivity contribution in [2.45, 2.75) is 39.0 Å². The Morgan fingerprint density at radius 3 is 1.71 bits per heavy atom. The molecule has 2 aromatic rings. The zero-order chi connectivity index (χ0) is 17.7. The minimum atomic E-state index is -0.143. The first-order valence-corrected chi connectivity index (χ1v) is 9.72. The van der Waals surface area contributed by atoms with Crippen LogP contribution in [-0.4, -0.2) is 10.2 Å².